The molecule has 5 nitrogen and oxygen atoms in total. The highest BCUT2D eigenvalue weighted by molar-refractivity contribution is 5.94. The van der Waals surface area contributed by atoms with Crippen molar-refractivity contribution in [2.75, 3.05) is 13.1 Å². The minimum absolute atomic E-state index is 0. The summed E-state index contributed by atoms with van der Waals surface area (Å²) in [6, 6.07) is 9.64. The zero-order valence-electron chi connectivity index (χ0n) is 14.0. The first kappa shape index (κ1) is 21.4. The Labute approximate surface area is 161 Å². The fourth-order valence-electron chi connectivity index (χ4n) is 3.01. The van der Waals surface area contributed by atoms with Crippen LogP contribution in [-0.2, 0) is 6.54 Å². The Kier molecular flexibility index (Phi) is 9.42. The quantitative estimate of drug-likeness (QED) is 0.882. The fourth-order valence-corrected chi connectivity index (χ4v) is 3.01. The van der Waals surface area contributed by atoms with Crippen molar-refractivity contribution in [3.63, 3.8) is 0 Å². The van der Waals surface area contributed by atoms with Gasteiger partial charge in [-0.25, -0.2) is 0 Å². The molecule has 3 heterocycles. The van der Waals surface area contributed by atoms with E-state index >= 15 is 0 Å². The van der Waals surface area contributed by atoms with E-state index in [-0.39, 0.29) is 36.8 Å². The van der Waals surface area contributed by atoms with Crippen LogP contribution in [0.3, 0.4) is 0 Å². The Morgan fingerprint density at radius 3 is 2.60 bits per heavy atom. The van der Waals surface area contributed by atoms with E-state index in [1.54, 1.807) is 30.7 Å². The molecule has 1 amide bonds. The van der Waals surface area contributed by atoms with Gasteiger partial charge in [-0.1, -0.05) is 6.07 Å². The number of hydrogen-bond donors (Lipinski definition) is 1. The third-order valence-corrected chi connectivity index (χ3v) is 4.23. The zero-order chi connectivity index (χ0) is 15.9. The highest BCUT2D eigenvalue weighted by atomic mass is 35.5. The molecule has 3 rings (SSSR count). The van der Waals surface area contributed by atoms with E-state index in [0.717, 1.165) is 38.0 Å². The standard InChI is InChI=1S/C18H22N4O.2ClH/c23-18(15-6-11-20-12-7-15)22(14-16-4-1-2-10-21-16)17-5-3-9-19-13-8-17;;/h1-2,4,6-7,10-12,17,19H,3,5,8-9,13-14H2;2*1H. The molecule has 0 spiro atoms. The summed E-state index contributed by atoms with van der Waals surface area (Å²) in [4.78, 5) is 23.4. The number of hydrogen-bond acceptors (Lipinski definition) is 4. The molecule has 7 heteroatoms. The highest BCUT2D eigenvalue weighted by Gasteiger charge is 2.26. The van der Waals surface area contributed by atoms with Crippen LogP contribution in [0.1, 0.15) is 35.3 Å². The van der Waals surface area contributed by atoms with Crippen LogP contribution in [0.25, 0.3) is 0 Å². The van der Waals surface area contributed by atoms with Gasteiger partial charge in [0.05, 0.1) is 12.2 Å². The minimum Gasteiger partial charge on any atom is -0.330 e. The summed E-state index contributed by atoms with van der Waals surface area (Å²) in [6.45, 7) is 2.52. The maximum atomic E-state index is 13.0. The maximum Gasteiger partial charge on any atom is 0.254 e. The maximum absolute atomic E-state index is 13.0. The van der Waals surface area contributed by atoms with Crippen LogP contribution in [0, 0.1) is 0 Å². The van der Waals surface area contributed by atoms with E-state index in [1.165, 1.54) is 0 Å². The predicted octanol–water partition coefficient (Wildman–Crippen LogP) is 3.10. The van der Waals surface area contributed by atoms with Gasteiger partial charge in [0.15, 0.2) is 0 Å². The second-order valence-corrected chi connectivity index (χ2v) is 5.82. The van der Waals surface area contributed by atoms with Crippen LogP contribution in [-0.4, -0.2) is 39.9 Å². The lowest BCUT2D eigenvalue weighted by Crippen LogP contribution is -2.40. The fraction of sp³-hybridized carbons (Fsp3) is 0.389. The number of carbonyl (C=O) groups is 1. The molecule has 0 radical (unpaired) electrons. The van der Waals surface area contributed by atoms with Crippen molar-refractivity contribution in [1.82, 2.24) is 20.2 Å². The Hall–Kier alpha value is -1.69. The van der Waals surface area contributed by atoms with E-state index in [1.807, 2.05) is 23.1 Å². The number of carbonyl (C=O) groups excluding carboxylic acids is 1. The first-order valence-corrected chi connectivity index (χ1v) is 8.16. The van der Waals surface area contributed by atoms with Crippen LogP contribution < -0.4 is 5.32 Å². The van der Waals surface area contributed by atoms with Crippen molar-refractivity contribution in [1.29, 1.82) is 0 Å². The predicted molar refractivity (Wildman–Crippen MR) is 103 cm³/mol. The van der Waals surface area contributed by atoms with Crippen LogP contribution in [0.15, 0.2) is 48.9 Å². The van der Waals surface area contributed by atoms with Gasteiger partial charge in [-0.05, 0) is 56.6 Å². The average molecular weight is 383 g/mol. The molecule has 1 N–H and O–H groups in total. The first-order chi connectivity index (χ1) is 11.3. The van der Waals surface area contributed by atoms with Gasteiger partial charge in [0.2, 0.25) is 0 Å². The van der Waals surface area contributed by atoms with Crippen molar-refractivity contribution in [3.8, 4) is 0 Å². The van der Waals surface area contributed by atoms with Gasteiger partial charge >= 0.3 is 0 Å². The number of nitrogens with zero attached hydrogens (tertiary/aromatic N) is 3. The van der Waals surface area contributed by atoms with Gasteiger partial charge in [-0.15, -0.1) is 24.8 Å². The minimum atomic E-state index is 0. The number of rotatable bonds is 4. The summed E-state index contributed by atoms with van der Waals surface area (Å²) < 4.78 is 0. The lowest BCUT2D eigenvalue weighted by Gasteiger charge is -2.31. The molecule has 0 aromatic carbocycles. The number of amides is 1. The molecule has 1 aliphatic heterocycles. The molecular weight excluding hydrogens is 359 g/mol. The molecule has 1 saturated heterocycles. The van der Waals surface area contributed by atoms with Crippen molar-refractivity contribution in [3.05, 3.63) is 60.2 Å². The molecule has 1 aliphatic rings. The van der Waals surface area contributed by atoms with E-state index in [9.17, 15) is 4.79 Å². The van der Waals surface area contributed by atoms with Crippen LogP contribution in [0.4, 0.5) is 0 Å². The Balaban J connectivity index is 0.00000156. The topological polar surface area (TPSA) is 58.1 Å². The lowest BCUT2D eigenvalue weighted by molar-refractivity contribution is 0.0642. The molecule has 136 valence electrons. The normalized spacial score (nSPS) is 16.7. The van der Waals surface area contributed by atoms with Crippen molar-refractivity contribution in [2.45, 2.75) is 31.8 Å². The lowest BCUT2D eigenvalue weighted by atomic mass is 10.1. The molecule has 1 unspecified atom stereocenters. The Bertz CT molecular complexity index is 619. The molecule has 0 aliphatic carbocycles. The third kappa shape index (κ3) is 5.96. The molecule has 0 bridgehead atoms. The van der Waals surface area contributed by atoms with E-state index in [4.69, 9.17) is 0 Å². The molecule has 1 fully saturated rings. The van der Waals surface area contributed by atoms with Gasteiger partial charge < -0.3 is 10.2 Å². The van der Waals surface area contributed by atoms with Gasteiger partial charge in [-0.3, -0.25) is 14.8 Å². The van der Waals surface area contributed by atoms with Crippen LogP contribution >= 0.6 is 24.8 Å². The number of pyridine rings is 2. The van der Waals surface area contributed by atoms with Gasteiger partial charge in [-0.2, -0.15) is 0 Å². The van der Waals surface area contributed by atoms with Gasteiger partial charge in [0, 0.05) is 30.2 Å². The van der Waals surface area contributed by atoms with Crippen molar-refractivity contribution in [2.24, 2.45) is 0 Å². The Morgan fingerprint density at radius 1 is 1.08 bits per heavy atom. The summed E-state index contributed by atoms with van der Waals surface area (Å²) in [5.74, 6) is 0.0601. The molecule has 2 aromatic heterocycles. The largest absolute Gasteiger partial charge is 0.330 e. The molecule has 1 atom stereocenters. The average Bonchev–Trinajstić information content (AvgIpc) is 2.90. The zero-order valence-corrected chi connectivity index (χ0v) is 15.6. The number of aromatic nitrogens is 2. The summed E-state index contributed by atoms with van der Waals surface area (Å²) in [5.41, 5.74) is 1.61. The van der Waals surface area contributed by atoms with E-state index in [2.05, 4.69) is 15.3 Å². The summed E-state index contributed by atoms with van der Waals surface area (Å²) in [5, 5.41) is 3.41. The summed E-state index contributed by atoms with van der Waals surface area (Å²) >= 11 is 0. The number of halogens is 2. The molecule has 0 saturated carbocycles. The van der Waals surface area contributed by atoms with Crippen molar-refractivity contribution >= 4 is 30.7 Å². The smallest absolute Gasteiger partial charge is 0.254 e. The summed E-state index contributed by atoms with van der Waals surface area (Å²) in [7, 11) is 0. The molecular formula is C18H24Cl2N4O. The SMILES string of the molecule is Cl.Cl.O=C(c1ccncc1)N(Cc1ccccn1)C1CCCNCC1. The monoisotopic (exact) mass is 382 g/mol. The van der Waals surface area contributed by atoms with E-state index < -0.39 is 0 Å². The molecule has 2 aromatic rings. The second-order valence-electron chi connectivity index (χ2n) is 5.82. The Morgan fingerprint density at radius 2 is 1.88 bits per heavy atom. The van der Waals surface area contributed by atoms with Crippen molar-refractivity contribution < 1.29 is 4.79 Å². The van der Waals surface area contributed by atoms with Crippen LogP contribution in [0.5, 0.6) is 0 Å². The highest BCUT2D eigenvalue weighted by Crippen LogP contribution is 2.19. The molecule has 25 heavy (non-hydrogen) atoms. The number of nitrogens with one attached hydrogen (secondary N) is 1. The van der Waals surface area contributed by atoms with Gasteiger partial charge in [0.1, 0.15) is 0 Å². The van der Waals surface area contributed by atoms with Gasteiger partial charge in [0.25, 0.3) is 5.91 Å². The first-order valence-electron chi connectivity index (χ1n) is 8.16. The summed E-state index contributed by atoms with van der Waals surface area (Å²) in [6.07, 6.45) is 8.20. The third-order valence-electron chi connectivity index (χ3n) is 4.23. The van der Waals surface area contributed by atoms with E-state index in [0.29, 0.717) is 12.1 Å². The van der Waals surface area contributed by atoms with Crippen LogP contribution in [0.2, 0.25) is 0 Å². The second kappa shape index (κ2) is 11.0.